The van der Waals surface area contributed by atoms with Gasteiger partial charge in [-0.2, -0.15) is 0 Å². The summed E-state index contributed by atoms with van der Waals surface area (Å²) in [5.74, 6) is 1.83. The third-order valence-corrected chi connectivity index (χ3v) is 3.33. The third kappa shape index (κ3) is 2.40. The van der Waals surface area contributed by atoms with Crippen LogP contribution < -0.4 is 5.32 Å². The highest BCUT2D eigenvalue weighted by Gasteiger charge is 2.18. The van der Waals surface area contributed by atoms with Crippen molar-refractivity contribution in [3.63, 3.8) is 0 Å². The Morgan fingerprint density at radius 3 is 3.00 bits per heavy atom. The van der Waals surface area contributed by atoms with E-state index in [9.17, 15) is 0 Å². The molecule has 1 aliphatic rings. The monoisotopic (exact) mass is 208 g/mol. The minimum atomic E-state index is 0.732. The smallest absolute Gasteiger partial charge is 0.140 e. The minimum absolute atomic E-state index is 0.732. The van der Waals surface area contributed by atoms with E-state index in [2.05, 4.69) is 24.3 Å². The molecule has 15 heavy (non-hydrogen) atoms. The van der Waals surface area contributed by atoms with Crippen LogP contribution in [0.25, 0.3) is 0 Å². The van der Waals surface area contributed by atoms with Gasteiger partial charge in [-0.25, -0.2) is 0 Å². The van der Waals surface area contributed by atoms with Gasteiger partial charge in [-0.05, 0) is 45.2 Å². The zero-order valence-electron chi connectivity index (χ0n) is 9.68. The lowest BCUT2D eigenvalue weighted by molar-refractivity contribution is 0.318. The van der Waals surface area contributed by atoms with Gasteiger partial charge in [0.15, 0.2) is 0 Å². The Morgan fingerprint density at radius 2 is 2.40 bits per heavy atom. The van der Waals surface area contributed by atoms with Gasteiger partial charge in [0.25, 0.3) is 0 Å². The van der Waals surface area contributed by atoms with Crippen LogP contribution >= 0.6 is 0 Å². The molecule has 1 fully saturated rings. The van der Waals surface area contributed by atoms with Gasteiger partial charge >= 0.3 is 0 Å². The first-order chi connectivity index (χ1) is 7.31. The lowest BCUT2D eigenvalue weighted by Gasteiger charge is -2.21. The molecule has 0 amide bonds. The fourth-order valence-electron chi connectivity index (χ4n) is 2.29. The van der Waals surface area contributed by atoms with E-state index in [0.717, 1.165) is 36.8 Å². The SMILES string of the molecule is CCc1noc(CC2CCCNC2)c1C. The molecule has 0 aliphatic carbocycles. The van der Waals surface area contributed by atoms with Crippen LogP contribution in [-0.4, -0.2) is 18.2 Å². The molecule has 1 unspecified atom stereocenters. The molecule has 1 aromatic rings. The first kappa shape index (κ1) is 10.7. The molecular formula is C12H20N2O. The van der Waals surface area contributed by atoms with Crippen LogP contribution in [0.2, 0.25) is 0 Å². The largest absolute Gasteiger partial charge is 0.361 e. The van der Waals surface area contributed by atoms with Crippen molar-refractivity contribution >= 4 is 0 Å². The normalized spacial score (nSPS) is 21.9. The standard InChI is InChI=1S/C12H20N2O/c1-3-11-9(2)12(15-14-11)7-10-5-4-6-13-8-10/h10,13H,3-8H2,1-2H3. The summed E-state index contributed by atoms with van der Waals surface area (Å²) in [5.41, 5.74) is 2.39. The average Bonchev–Trinajstić information content (AvgIpc) is 2.62. The summed E-state index contributed by atoms with van der Waals surface area (Å²) in [7, 11) is 0. The number of rotatable bonds is 3. The van der Waals surface area contributed by atoms with Gasteiger partial charge < -0.3 is 9.84 Å². The van der Waals surface area contributed by atoms with Crippen LogP contribution in [0.4, 0.5) is 0 Å². The van der Waals surface area contributed by atoms with Crippen molar-refractivity contribution in [2.75, 3.05) is 13.1 Å². The van der Waals surface area contributed by atoms with Crippen LogP contribution in [0, 0.1) is 12.8 Å². The summed E-state index contributed by atoms with van der Waals surface area (Å²) in [6.45, 7) is 6.55. The van der Waals surface area contributed by atoms with Gasteiger partial charge in [0.2, 0.25) is 0 Å². The van der Waals surface area contributed by atoms with Gasteiger partial charge in [0.05, 0.1) is 5.69 Å². The van der Waals surface area contributed by atoms with E-state index in [1.165, 1.54) is 24.9 Å². The molecule has 0 radical (unpaired) electrons. The van der Waals surface area contributed by atoms with E-state index in [4.69, 9.17) is 4.52 Å². The molecule has 1 aliphatic heterocycles. The number of aromatic nitrogens is 1. The van der Waals surface area contributed by atoms with Gasteiger partial charge in [-0.1, -0.05) is 12.1 Å². The molecule has 1 saturated heterocycles. The number of hydrogen-bond donors (Lipinski definition) is 1. The number of aryl methyl sites for hydroxylation is 1. The van der Waals surface area contributed by atoms with E-state index >= 15 is 0 Å². The van der Waals surface area contributed by atoms with Crippen molar-refractivity contribution < 1.29 is 4.52 Å². The fraction of sp³-hybridized carbons (Fsp3) is 0.750. The molecule has 3 nitrogen and oxygen atoms in total. The molecule has 1 aromatic heterocycles. The quantitative estimate of drug-likeness (QED) is 0.826. The molecule has 2 rings (SSSR count). The maximum Gasteiger partial charge on any atom is 0.140 e. The highest BCUT2D eigenvalue weighted by atomic mass is 16.5. The van der Waals surface area contributed by atoms with Crippen molar-refractivity contribution in [1.82, 2.24) is 10.5 Å². The summed E-state index contributed by atoms with van der Waals surface area (Å²) in [6, 6.07) is 0. The number of hydrogen-bond acceptors (Lipinski definition) is 3. The lowest BCUT2D eigenvalue weighted by atomic mass is 9.93. The molecule has 1 N–H and O–H groups in total. The van der Waals surface area contributed by atoms with Crippen LogP contribution in [0.3, 0.4) is 0 Å². The maximum atomic E-state index is 5.41. The topological polar surface area (TPSA) is 38.1 Å². The Labute approximate surface area is 91.2 Å². The molecule has 1 atom stereocenters. The Kier molecular flexibility index (Phi) is 3.41. The van der Waals surface area contributed by atoms with Crippen molar-refractivity contribution in [1.29, 1.82) is 0 Å². The molecule has 84 valence electrons. The van der Waals surface area contributed by atoms with Crippen LogP contribution in [0.1, 0.15) is 36.8 Å². The maximum absolute atomic E-state index is 5.41. The Morgan fingerprint density at radius 1 is 1.53 bits per heavy atom. The highest BCUT2D eigenvalue weighted by molar-refractivity contribution is 5.21. The van der Waals surface area contributed by atoms with Crippen LogP contribution in [0.5, 0.6) is 0 Å². The molecule has 0 aromatic carbocycles. The molecule has 0 saturated carbocycles. The second-order valence-corrected chi connectivity index (χ2v) is 4.45. The van der Waals surface area contributed by atoms with Crippen molar-refractivity contribution in [3.05, 3.63) is 17.0 Å². The molecule has 2 heterocycles. The summed E-state index contributed by atoms with van der Waals surface area (Å²) in [5, 5.41) is 7.54. The predicted molar refractivity (Wildman–Crippen MR) is 59.9 cm³/mol. The highest BCUT2D eigenvalue weighted by Crippen LogP contribution is 2.20. The van der Waals surface area contributed by atoms with Gasteiger partial charge in [-0.3, -0.25) is 0 Å². The Bertz CT molecular complexity index is 313. The second-order valence-electron chi connectivity index (χ2n) is 4.45. The molecule has 0 spiro atoms. The number of nitrogens with zero attached hydrogens (tertiary/aromatic N) is 1. The Hall–Kier alpha value is -0.830. The van der Waals surface area contributed by atoms with Crippen molar-refractivity contribution in [2.24, 2.45) is 5.92 Å². The lowest BCUT2D eigenvalue weighted by Crippen LogP contribution is -2.30. The number of piperidine rings is 1. The van der Waals surface area contributed by atoms with Crippen molar-refractivity contribution in [2.45, 2.75) is 39.5 Å². The Balaban J connectivity index is 2.00. The minimum Gasteiger partial charge on any atom is -0.361 e. The molecule has 3 heteroatoms. The number of nitrogens with one attached hydrogen (secondary N) is 1. The molecule has 0 bridgehead atoms. The first-order valence-corrected chi connectivity index (χ1v) is 5.96. The van der Waals surface area contributed by atoms with Crippen molar-refractivity contribution in [3.8, 4) is 0 Å². The second kappa shape index (κ2) is 4.79. The fourth-order valence-corrected chi connectivity index (χ4v) is 2.29. The van der Waals surface area contributed by atoms with E-state index in [0.29, 0.717) is 0 Å². The summed E-state index contributed by atoms with van der Waals surface area (Å²) in [6.07, 6.45) is 4.62. The van der Waals surface area contributed by atoms with Gasteiger partial charge in [0.1, 0.15) is 5.76 Å². The zero-order chi connectivity index (χ0) is 10.7. The third-order valence-electron chi connectivity index (χ3n) is 3.33. The summed E-state index contributed by atoms with van der Waals surface area (Å²) in [4.78, 5) is 0. The van der Waals surface area contributed by atoms with Gasteiger partial charge in [-0.15, -0.1) is 0 Å². The van der Waals surface area contributed by atoms with Crippen LogP contribution in [0.15, 0.2) is 4.52 Å². The van der Waals surface area contributed by atoms with E-state index in [1.807, 2.05) is 0 Å². The summed E-state index contributed by atoms with van der Waals surface area (Å²) < 4.78 is 5.41. The summed E-state index contributed by atoms with van der Waals surface area (Å²) >= 11 is 0. The predicted octanol–water partition coefficient (Wildman–Crippen LogP) is 2.09. The van der Waals surface area contributed by atoms with E-state index in [-0.39, 0.29) is 0 Å². The zero-order valence-corrected chi connectivity index (χ0v) is 9.68. The average molecular weight is 208 g/mol. The molecular weight excluding hydrogens is 188 g/mol. The van der Waals surface area contributed by atoms with Gasteiger partial charge in [0, 0.05) is 12.0 Å². The van der Waals surface area contributed by atoms with Crippen LogP contribution in [-0.2, 0) is 12.8 Å². The first-order valence-electron chi connectivity index (χ1n) is 5.96. The van der Waals surface area contributed by atoms with E-state index in [1.54, 1.807) is 0 Å². The van der Waals surface area contributed by atoms with E-state index < -0.39 is 0 Å².